The summed E-state index contributed by atoms with van der Waals surface area (Å²) in [6.45, 7) is 1.73. The third-order valence-electron chi connectivity index (χ3n) is 3.27. The van der Waals surface area contributed by atoms with E-state index in [0.29, 0.717) is 37.6 Å². The molecule has 1 atom stereocenters. The molecule has 142 valence electrons. The maximum absolute atomic E-state index is 11.9. The zero-order valence-electron chi connectivity index (χ0n) is 14.7. The highest BCUT2D eigenvalue weighted by Crippen LogP contribution is 2.17. The lowest BCUT2D eigenvalue weighted by molar-refractivity contribution is 0.0222. The maximum Gasteiger partial charge on any atom is 0.195 e. The Kier molecular flexibility index (Phi) is 11.9. The molecule has 3 N–H and O–H groups in total. The van der Waals surface area contributed by atoms with Crippen molar-refractivity contribution < 1.29 is 29.6 Å². The molecule has 0 amide bonds. The second-order valence-electron chi connectivity index (χ2n) is 5.22. The Hall–Kier alpha value is -2.09. The van der Waals surface area contributed by atoms with Crippen LogP contribution in [0.1, 0.15) is 22.0 Å². The van der Waals surface area contributed by atoms with Crippen LogP contribution in [0.25, 0.3) is 0 Å². The smallest absolute Gasteiger partial charge is 0.195 e. The first kappa shape index (κ1) is 22.0. The summed E-state index contributed by atoms with van der Waals surface area (Å²) in [5.74, 6) is -0.271. The molecule has 0 aliphatic heterocycles. The summed E-state index contributed by atoms with van der Waals surface area (Å²) in [5, 5.41) is 26.4. The van der Waals surface area contributed by atoms with Gasteiger partial charge in [-0.15, -0.1) is 0 Å². The Morgan fingerprint density at radius 3 is 1.69 bits per heavy atom. The summed E-state index contributed by atoms with van der Waals surface area (Å²) in [7, 11) is 0. The molecular formula is C20H26O6. The number of benzene rings is 2. The van der Waals surface area contributed by atoms with Gasteiger partial charge in [0.25, 0.3) is 0 Å². The van der Waals surface area contributed by atoms with Crippen molar-refractivity contribution in [3.05, 3.63) is 71.8 Å². The van der Waals surface area contributed by atoms with Gasteiger partial charge in [0.2, 0.25) is 0 Å². The van der Waals surface area contributed by atoms with Crippen molar-refractivity contribution in [3.63, 3.8) is 0 Å². The summed E-state index contributed by atoms with van der Waals surface area (Å²) < 4.78 is 9.75. The number of hydrogen-bond acceptors (Lipinski definition) is 6. The van der Waals surface area contributed by atoms with Crippen molar-refractivity contribution in [2.24, 2.45) is 0 Å². The molecule has 2 aromatic rings. The van der Waals surface area contributed by atoms with Crippen LogP contribution < -0.4 is 0 Å². The molecule has 0 aliphatic carbocycles. The predicted molar refractivity (Wildman–Crippen MR) is 98.0 cm³/mol. The predicted octanol–water partition coefficient (Wildman–Crippen LogP) is 1.61. The zero-order valence-corrected chi connectivity index (χ0v) is 14.7. The van der Waals surface area contributed by atoms with E-state index < -0.39 is 6.10 Å². The molecule has 6 nitrogen and oxygen atoms in total. The summed E-state index contributed by atoms with van der Waals surface area (Å²) in [6.07, 6.45) is -1.08. The van der Waals surface area contributed by atoms with Crippen LogP contribution in [0.5, 0.6) is 0 Å². The number of aliphatic hydroxyl groups excluding tert-OH is 3. The van der Waals surface area contributed by atoms with Gasteiger partial charge >= 0.3 is 0 Å². The van der Waals surface area contributed by atoms with E-state index in [1.165, 1.54) is 0 Å². The molecule has 0 aromatic heterocycles. The Morgan fingerprint density at radius 2 is 1.23 bits per heavy atom. The van der Waals surface area contributed by atoms with Crippen LogP contribution in [0.3, 0.4) is 0 Å². The van der Waals surface area contributed by atoms with Crippen molar-refractivity contribution in [2.45, 2.75) is 6.10 Å². The molecule has 0 fully saturated rings. The Morgan fingerprint density at radius 1 is 0.769 bits per heavy atom. The highest BCUT2D eigenvalue weighted by atomic mass is 16.5. The quantitative estimate of drug-likeness (QED) is 0.439. The third-order valence-corrected chi connectivity index (χ3v) is 3.27. The highest BCUT2D eigenvalue weighted by molar-refractivity contribution is 5.99. The molecule has 26 heavy (non-hydrogen) atoms. The van der Waals surface area contributed by atoms with E-state index in [1.807, 2.05) is 12.1 Å². The van der Waals surface area contributed by atoms with E-state index in [0.717, 1.165) is 0 Å². The van der Waals surface area contributed by atoms with Gasteiger partial charge in [-0.2, -0.15) is 0 Å². The highest BCUT2D eigenvalue weighted by Gasteiger charge is 2.18. The fourth-order valence-corrected chi connectivity index (χ4v) is 2.00. The fourth-order valence-electron chi connectivity index (χ4n) is 2.00. The molecule has 0 heterocycles. The number of hydrogen-bond donors (Lipinski definition) is 3. The van der Waals surface area contributed by atoms with Gasteiger partial charge in [0.15, 0.2) is 5.78 Å². The molecule has 2 aromatic carbocycles. The number of ether oxygens (including phenoxy) is 2. The first-order chi connectivity index (χ1) is 12.7. The van der Waals surface area contributed by atoms with Crippen LogP contribution in [-0.2, 0) is 9.47 Å². The lowest BCUT2D eigenvalue weighted by Crippen LogP contribution is -2.11. The summed E-state index contributed by atoms with van der Waals surface area (Å²) in [5.41, 5.74) is 1.15. The van der Waals surface area contributed by atoms with E-state index in [1.54, 1.807) is 48.5 Å². The lowest BCUT2D eigenvalue weighted by atomic mass is 10.0. The molecule has 0 aliphatic rings. The van der Waals surface area contributed by atoms with Crippen LogP contribution in [0.4, 0.5) is 0 Å². The van der Waals surface area contributed by atoms with Gasteiger partial charge in [-0.25, -0.2) is 0 Å². The van der Waals surface area contributed by atoms with Gasteiger partial charge in [-0.1, -0.05) is 60.7 Å². The van der Waals surface area contributed by atoms with Crippen molar-refractivity contribution >= 4 is 5.78 Å². The van der Waals surface area contributed by atoms with E-state index in [-0.39, 0.29) is 19.0 Å². The van der Waals surface area contributed by atoms with Crippen LogP contribution in [0.2, 0.25) is 0 Å². The largest absolute Gasteiger partial charge is 0.394 e. The van der Waals surface area contributed by atoms with Gasteiger partial charge in [0.05, 0.1) is 39.6 Å². The first-order valence-corrected chi connectivity index (χ1v) is 8.40. The van der Waals surface area contributed by atoms with Crippen molar-refractivity contribution in [1.82, 2.24) is 0 Å². The first-order valence-electron chi connectivity index (χ1n) is 8.40. The number of carbonyl (C=O) groups is 1. The SMILES string of the molecule is O=C(c1ccccc1)C(O)c1ccccc1.OCCOCCOCCO. The number of aliphatic hydroxyl groups is 3. The Labute approximate surface area is 153 Å². The molecule has 0 saturated heterocycles. The minimum absolute atomic E-state index is 0.0417. The third kappa shape index (κ3) is 8.84. The number of rotatable bonds is 10. The maximum atomic E-state index is 11.9. The Bertz CT molecular complexity index is 580. The standard InChI is InChI=1S/C14H12O2.C6H14O4/c15-13(11-7-3-1-4-8-11)14(16)12-9-5-2-6-10-12;7-1-3-9-5-6-10-4-2-8/h1-10,13,15H;7-8H,1-6H2. The number of Topliss-reactive ketones (excluding diaryl/α,β-unsaturated/α-hetero) is 1. The molecule has 0 bridgehead atoms. The molecule has 0 radical (unpaired) electrons. The number of carbonyl (C=O) groups excluding carboxylic acids is 1. The second-order valence-corrected chi connectivity index (χ2v) is 5.22. The Balaban J connectivity index is 0.000000294. The van der Waals surface area contributed by atoms with Crippen molar-refractivity contribution in [3.8, 4) is 0 Å². The number of ketones is 1. The summed E-state index contributed by atoms with van der Waals surface area (Å²) in [4.78, 5) is 11.9. The van der Waals surface area contributed by atoms with Crippen LogP contribution in [0.15, 0.2) is 60.7 Å². The second kappa shape index (κ2) is 14.1. The molecule has 2 rings (SSSR count). The van der Waals surface area contributed by atoms with Gasteiger partial charge in [0.1, 0.15) is 6.10 Å². The molecule has 0 saturated carbocycles. The van der Waals surface area contributed by atoms with Gasteiger partial charge in [-0.3, -0.25) is 4.79 Å². The average Bonchev–Trinajstić information content (AvgIpc) is 2.71. The van der Waals surface area contributed by atoms with E-state index in [9.17, 15) is 9.90 Å². The minimum Gasteiger partial charge on any atom is -0.394 e. The van der Waals surface area contributed by atoms with Crippen LogP contribution >= 0.6 is 0 Å². The monoisotopic (exact) mass is 362 g/mol. The zero-order chi connectivity index (χ0) is 19.0. The molecule has 0 spiro atoms. The molecule has 6 heteroatoms. The van der Waals surface area contributed by atoms with E-state index >= 15 is 0 Å². The normalized spacial score (nSPS) is 11.3. The van der Waals surface area contributed by atoms with Crippen LogP contribution in [-0.4, -0.2) is 60.7 Å². The van der Waals surface area contributed by atoms with Gasteiger partial charge in [-0.05, 0) is 5.56 Å². The average molecular weight is 362 g/mol. The van der Waals surface area contributed by atoms with E-state index in [2.05, 4.69) is 0 Å². The topological polar surface area (TPSA) is 96.2 Å². The molecule has 1 unspecified atom stereocenters. The lowest BCUT2D eigenvalue weighted by Gasteiger charge is -2.09. The summed E-state index contributed by atoms with van der Waals surface area (Å²) >= 11 is 0. The van der Waals surface area contributed by atoms with Gasteiger partial charge in [0, 0.05) is 5.56 Å². The fraction of sp³-hybridized carbons (Fsp3) is 0.350. The van der Waals surface area contributed by atoms with E-state index in [4.69, 9.17) is 19.7 Å². The minimum atomic E-state index is -1.08. The molecular weight excluding hydrogens is 336 g/mol. The van der Waals surface area contributed by atoms with Gasteiger partial charge < -0.3 is 24.8 Å². The van der Waals surface area contributed by atoms with Crippen LogP contribution in [0, 0.1) is 0 Å². The van der Waals surface area contributed by atoms with Crippen molar-refractivity contribution in [1.29, 1.82) is 0 Å². The van der Waals surface area contributed by atoms with Crippen molar-refractivity contribution in [2.75, 3.05) is 39.6 Å². The summed E-state index contributed by atoms with van der Waals surface area (Å²) in [6, 6.07) is 17.7.